The molecular weight excluding hydrogens is 280 g/mol. The molecule has 0 aliphatic heterocycles. The number of carbonyl (C=O) groups is 2. The Hall–Kier alpha value is -2.37. The Kier molecular flexibility index (Phi) is 4.80. The van der Waals surface area contributed by atoms with Crippen molar-refractivity contribution in [1.82, 2.24) is 20.0 Å². The number of likely N-dealkylation sites (N-methyl/N-ethyl adjacent to an activating group) is 1. The van der Waals surface area contributed by atoms with Crippen LogP contribution in [-0.4, -0.2) is 46.6 Å². The van der Waals surface area contributed by atoms with Crippen molar-refractivity contribution >= 4 is 22.7 Å². The first-order chi connectivity index (χ1) is 10.4. The van der Waals surface area contributed by atoms with Crippen molar-refractivity contribution in [2.75, 3.05) is 14.1 Å². The minimum atomic E-state index is -0.524. The molecule has 0 fully saturated rings. The van der Waals surface area contributed by atoms with Crippen LogP contribution in [0.5, 0.6) is 0 Å². The highest BCUT2D eigenvalue weighted by Gasteiger charge is 2.25. The second-order valence-corrected chi connectivity index (χ2v) is 5.88. The third kappa shape index (κ3) is 3.44. The number of rotatable bonds is 5. The van der Waals surface area contributed by atoms with E-state index in [0.29, 0.717) is 0 Å². The lowest BCUT2D eigenvalue weighted by atomic mass is 10.0. The molecule has 118 valence electrons. The van der Waals surface area contributed by atoms with Gasteiger partial charge in [0.1, 0.15) is 12.6 Å². The zero-order valence-corrected chi connectivity index (χ0v) is 13.4. The summed E-state index contributed by atoms with van der Waals surface area (Å²) < 4.78 is 1.64. The summed E-state index contributed by atoms with van der Waals surface area (Å²) in [7, 11) is 3.37. The number of aromatic nitrogens is 2. The number of nitrogens with one attached hydrogen (secondary N) is 1. The van der Waals surface area contributed by atoms with Crippen molar-refractivity contribution in [2.45, 2.75) is 26.4 Å². The first-order valence-corrected chi connectivity index (χ1v) is 7.31. The molecule has 1 aromatic heterocycles. The monoisotopic (exact) mass is 302 g/mol. The van der Waals surface area contributed by atoms with E-state index in [2.05, 4.69) is 10.4 Å². The SMILES string of the molecule is CC(C)C(NC(=O)Cn1ncc2ccccc21)C(=O)N(C)C. The van der Waals surface area contributed by atoms with Crippen LogP contribution >= 0.6 is 0 Å². The molecule has 22 heavy (non-hydrogen) atoms. The highest BCUT2D eigenvalue weighted by atomic mass is 16.2. The minimum absolute atomic E-state index is 0.0215. The molecule has 0 aliphatic rings. The van der Waals surface area contributed by atoms with Gasteiger partial charge >= 0.3 is 0 Å². The molecule has 2 amide bonds. The third-order valence-corrected chi connectivity index (χ3v) is 3.53. The van der Waals surface area contributed by atoms with Gasteiger partial charge in [-0.15, -0.1) is 0 Å². The topological polar surface area (TPSA) is 67.2 Å². The van der Waals surface area contributed by atoms with Gasteiger partial charge in [0.2, 0.25) is 11.8 Å². The van der Waals surface area contributed by atoms with Gasteiger partial charge in [-0.1, -0.05) is 32.0 Å². The largest absolute Gasteiger partial charge is 0.347 e. The fraction of sp³-hybridized carbons (Fsp3) is 0.438. The van der Waals surface area contributed by atoms with Gasteiger partial charge in [-0.05, 0) is 12.0 Å². The highest BCUT2D eigenvalue weighted by molar-refractivity contribution is 5.88. The molecule has 2 rings (SSSR count). The van der Waals surface area contributed by atoms with Crippen molar-refractivity contribution in [3.05, 3.63) is 30.5 Å². The van der Waals surface area contributed by atoms with Gasteiger partial charge in [0.25, 0.3) is 0 Å². The highest BCUT2D eigenvalue weighted by Crippen LogP contribution is 2.12. The van der Waals surface area contributed by atoms with E-state index in [1.165, 1.54) is 4.90 Å². The summed E-state index contributed by atoms with van der Waals surface area (Å²) in [6.07, 6.45) is 1.73. The van der Waals surface area contributed by atoms with Gasteiger partial charge in [-0.2, -0.15) is 5.10 Å². The summed E-state index contributed by atoms with van der Waals surface area (Å²) >= 11 is 0. The van der Waals surface area contributed by atoms with Gasteiger partial charge in [0, 0.05) is 19.5 Å². The molecule has 1 aromatic carbocycles. The van der Waals surface area contributed by atoms with Crippen LogP contribution in [0.15, 0.2) is 30.5 Å². The quantitative estimate of drug-likeness (QED) is 0.904. The maximum atomic E-state index is 12.3. The average molecular weight is 302 g/mol. The van der Waals surface area contributed by atoms with E-state index >= 15 is 0 Å². The van der Waals surface area contributed by atoms with Crippen LogP contribution in [0.2, 0.25) is 0 Å². The van der Waals surface area contributed by atoms with Crippen LogP contribution in [0.4, 0.5) is 0 Å². The molecular formula is C16H22N4O2. The number of nitrogens with zero attached hydrogens (tertiary/aromatic N) is 3. The molecule has 1 heterocycles. The first-order valence-electron chi connectivity index (χ1n) is 7.31. The predicted molar refractivity (Wildman–Crippen MR) is 85.2 cm³/mol. The predicted octanol–water partition coefficient (Wildman–Crippen LogP) is 1.27. The van der Waals surface area contributed by atoms with E-state index in [1.54, 1.807) is 25.0 Å². The van der Waals surface area contributed by atoms with Crippen molar-refractivity contribution in [1.29, 1.82) is 0 Å². The summed E-state index contributed by atoms with van der Waals surface area (Å²) in [6, 6.07) is 7.18. The number of benzene rings is 1. The van der Waals surface area contributed by atoms with Crippen molar-refractivity contribution in [3.8, 4) is 0 Å². The fourth-order valence-electron chi connectivity index (χ4n) is 2.30. The van der Waals surface area contributed by atoms with Crippen molar-refractivity contribution in [2.24, 2.45) is 5.92 Å². The van der Waals surface area contributed by atoms with Crippen molar-refractivity contribution in [3.63, 3.8) is 0 Å². The zero-order chi connectivity index (χ0) is 16.3. The summed E-state index contributed by atoms with van der Waals surface area (Å²) in [6.45, 7) is 3.92. The van der Waals surface area contributed by atoms with E-state index in [4.69, 9.17) is 0 Å². The lowest BCUT2D eigenvalue weighted by molar-refractivity contribution is -0.135. The Labute approximate surface area is 130 Å². The summed E-state index contributed by atoms with van der Waals surface area (Å²) in [4.78, 5) is 25.9. The Morgan fingerprint density at radius 2 is 1.95 bits per heavy atom. The van der Waals surface area contributed by atoms with Crippen LogP contribution in [0, 0.1) is 5.92 Å². The molecule has 1 atom stereocenters. The molecule has 0 bridgehead atoms. The Balaban J connectivity index is 2.10. The average Bonchev–Trinajstić information content (AvgIpc) is 2.87. The second kappa shape index (κ2) is 6.60. The van der Waals surface area contributed by atoms with Gasteiger partial charge < -0.3 is 10.2 Å². The molecule has 0 aliphatic carbocycles. The molecule has 2 aromatic rings. The molecule has 1 unspecified atom stereocenters. The Morgan fingerprint density at radius 1 is 1.27 bits per heavy atom. The molecule has 0 spiro atoms. The van der Waals surface area contributed by atoms with Gasteiger partial charge in [0.15, 0.2) is 0 Å². The molecule has 0 radical (unpaired) electrons. The molecule has 6 nitrogen and oxygen atoms in total. The maximum absolute atomic E-state index is 12.3. The Bertz CT molecular complexity index is 676. The molecule has 0 saturated carbocycles. The van der Waals surface area contributed by atoms with Gasteiger partial charge in [-0.25, -0.2) is 0 Å². The molecule has 1 N–H and O–H groups in total. The number of fused-ring (bicyclic) bond motifs is 1. The fourth-order valence-corrected chi connectivity index (χ4v) is 2.30. The lowest BCUT2D eigenvalue weighted by Gasteiger charge is -2.24. The number of amides is 2. The van der Waals surface area contributed by atoms with Crippen LogP contribution < -0.4 is 5.32 Å². The first kappa shape index (κ1) is 16.0. The summed E-state index contributed by atoms with van der Waals surface area (Å²) in [5.74, 6) is -0.301. The minimum Gasteiger partial charge on any atom is -0.347 e. The smallest absolute Gasteiger partial charge is 0.244 e. The van der Waals surface area contributed by atoms with Gasteiger partial charge in [0.05, 0.1) is 11.7 Å². The van der Waals surface area contributed by atoms with Crippen LogP contribution in [-0.2, 0) is 16.1 Å². The van der Waals surface area contributed by atoms with Crippen LogP contribution in [0.3, 0.4) is 0 Å². The van der Waals surface area contributed by atoms with E-state index in [-0.39, 0.29) is 24.3 Å². The van der Waals surface area contributed by atoms with E-state index in [1.807, 2.05) is 38.1 Å². The summed E-state index contributed by atoms with van der Waals surface area (Å²) in [5, 5.41) is 8.02. The van der Waals surface area contributed by atoms with E-state index in [9.17, 15) is 9.59 Å². The standard InChI is InChI=1S/C16H22N4O2/c1-11(2)15(16(22)19(3)4)18-14(21)10-20-13-8-6-5-7-12(13)9-17-20/h5-9,11,15H,10H2,1-4H3,(H,18,21). The van der Waals surface area contributed by atoms with Gasteiger partial charge in [-0.3, -0.25) is 14.3 Å². The van der Waals surface area contributed by atoms with E-state index < -0.39 is 6.04 Å². The lowest BCUT2D eigenvalue weighted by Crippen LogP contribution is -2.50. The number of hydrogen-bond donors (Lipinski definition) is 1. The second-order valence-electron chi connectivity index (χ2n) is 5.88. The summed E-state index contributed by atoms with van der Waals surface area (Å²) in [5.41, 5.74) is 0.901. The van der Waals surface area contributed by atoms with Crippen molar-refractivity contribution < 1.29 is 9.59 Å². The number of hydrogen-bond acceptors (Lipinski definition) is 3. The maximum Gasteiger partial charge on any atom is 0.244 e. The number of para-hydroxylation sites is 1. The third-order valence-electron chi connectivity index (χ3n) is 3.53. The van der Waals surface area contributed by atoms with Crippen LogP contribution in [0.25, 0.3) is 10.9 Å². The number of carbonyl (C=O) groups excluding carboxylic acids is 2. The molecule has 6 heteroatoms. The Morgan fingerprint density at radius 3 is 2.59 bits per heavy atom. The normalized spacial score (nSPS) is 12.4. The van der Waals surface area contributed by atoms with Crippen LogP contribution in [0.1, 0.15) is 13.8 Å². The van der Waals surface area contributed by atoms with E-state index in [0.717, 1.165) is 10.9 Å². The molecule has 0 saturated heterocycles. The zero-order valence-electron chi connectivity index (χ0n) is 13.4.